The second kappa shape index (κ2) is 8.48. The summed E-state index contributed by atoms with van der Waals surface area (Å²) >= 11 is 0. The van der Waals surface area contributed by atoms with Crippen molar-refractivity contribution in [3.8, 4) is 0 Å². The lowest BCUT2D eigenvalue weighted by Crippen LogP contribution is -2.08. The predicted octanol–water partition coefficient (Wildman–Crippen LogP) is 2.74. The molecule has 0 spiro atoms. The van der Waals surface area contributed by atoms with Crippen LogP contribution in [0.1, 0.15) is 52.4 Å². The molecule has 0 rings (SSSR count). The van der Waals surface area contributed by atoms with Gasteiger partial charge in [-0.15, -0.1) is 0 Å². The number of rotatable bonds is 8. The number of aliphatic hydroxyl groups excluding tert-OH is 1. The second-order valence-electron chi connectivity index (χ2n) is 3.94. The smallest absolute Gasteiger partial charge is 0.331 e. The summed E-state index contributed by atoms with van der Waals surface area (Å²) in [4.78, 5) is 10.8. The minimum atomic E-state index is -0.911. The van der Waals surface area contributed by atoms with Crippen molar-refractivity contribution in [1.82, 2.24) is 0 Å². The van der Waals surface area contributed by atoms with Crippen molar-refractivity contribution in [2.24, 2.45) is 0 Å². The highest BCUT2D eigenvalue weighted by Gasteiger charge is 2.09. The standard InChI is InChI=1S/C12H22O3/c1-3-4-5-6-7-8-11(12(14)15)9-10(2)13/h8,10,13H,3-7,9H2,1-2H3,(H,14,15). The minimum Gasteiger partial charge on any atom is -0.478 e. The number of aliphatic hydroxyl groups is 1. The van der Waals surface area contributed by atoms with Gasteiger partial charge in [0.15, 0.2) is 0 Å². The van der Waals surface area contributed by atoms with E-state index in [9.17, 15) is 4.79 Å². The highest BCUT2D eigenvalue weighted by atomic mass is 16.4. The van der Waals surface area contributed by atoms with E-state index in [1.165, 1.54) is 12.8 Å². The molecule has 0 bridgehead atoms. The van der Waals surface area contributed by atoms with E-state index in [0.717, 1.165) is 19.3 Å². The molecule has 0 heterocycles. The molecule has 2 N–H and O–H groups in total. The summed E-state index contributed by atoms with van der Waals surface area (Å²) < 4.78 is 0. The summed E-state index contributed by atoms with van der Waals surface area (Å²) in [6.07, 6.45) is 6.76. The van der Waals surface area contributed by atoms with Gasteiger partial charge in [0.25, 0.3) is 0 Å². The topological polar surface area (TPSA) is 57.5 Å². The van der Waals surface area contributed by atoms with Crippen molar-refractivity contribution >= 4 is 5.97 Å². The van der Waals surface area contributed by atoms with Gasteiger partial charge >= 0.3 is 5.97 Å². The van der Waals surface area contributed by atoms with Gasteiger partial charge in [-0.2, -0.15) is 0 Å². The first-order valence-electron chi connectivity index (χ1n) is 5.68. The molecule has 3 nitrogen and oxygen atoms in total. The first-order chi connectivity index (χ1) is 7.07. The monoisotopic (exact) mass is 214 g/mol. The fourth-order valence-electron chi connectivity index (χ4n) is 1.42. The van der Waals surface area contributed by atoms with Crippen LogP contribution in [0.15, 0.2) is 11.6 Å². The van der Waals surface area contributed by atoms with Crippen molar-refractivity contribution in [1.29, 1.82) is 0 Å². The molecular formula is C12H22O3. The second-order valence-corrected chi connectivity index (χ2v) is 3.94. The summed E-state index contributed by atoms with van der Waals surface area (Å²) in [7, 11) is 0. The summed E-state index contributed by atoms with van der Waals surface area (Å²) in [5, 5.41) is 18.0. The Bertz CT molecular complexity index is 207. The first kappa shape index (κ1) is 14.2. The normalized spacial score (nSPS) is 13.9. The molecule has 0 fully saturated rings. The third-order valence-corrected chi connectivity index (χ3v) is 2.24. The van der Waals surface area contributed by atoms with Crippen LogP contribution in [0.2, 0.25) is 0 Å². The molecule has 3 heteroatoms. The molecule has 88 valence electrons. The van der Waals surface area contributed by atoms with Crippen LogP contribution in [-0.4, -0.2) is 22.3 Å². The molecule has 0 aliphatic heterocycles. The van der Waals surface area contributed by atoms with Gasteiger partial charge in [0.2, 0.25) is 0 Å². The van der Waals surface area contributed by atoms with E-state index < -0.39 is 12.1 Å². The fraction of sp³-hybridized carbons (Fsp3) is 0.750. The fourth-order valence-corrected chi connectivity index (χ4v) is 1.42. The van der Waals surface area contributed by atoms with E-state index in [1.54, 1.807) is 13.0 Å². The van der Waals surface area contributed by atoms with Gasteiger partial charge in [-0.25, -0.2) is 4.79 Å². The van der Waals surface area contributed by atoms with Gasteiger partial charge in [-0.3, -0.25) is 0 Å². The van der Waals surface area contributed by atoms with Crippen LogP contribution in [0, 0.1) is 0 Å². The third-order valence-electron chi connectivity index (χ3n) is 2.24. The summed E-state index contributed by atoms with van der Waals surface area (Å²) in [6.45, 7) is 3.75. The Morgan fingerprint density at radius 2 is 2.00 bits per heavy atom. The number of hydrogen-bond acceptors (Lipinski definition) is 2. The molecule has 0 aromatic rings. The van der Waals surface area contributed by atoms with Crippen molar-refractivity contribution in [2.75, 3.05) is 0 Å². The summed E-state index contributed by atoms with van der Waals surface area (Å²) in [5.74, 6) is -0.911. The van der Waals surface area contributed by atoms with Crippen LogP contribution in [0.4, 0.5) is 0 Å². The molecule has 0 saturated heterocycles. The SMILES string of the molecule is CCCCCCC=C(CC(C)O)C(=O)O. The zero-order chi connectivity index (χ0) is 11.7. The Kier molecular flexibility index (Phi) is 8.01. The lowest BCUT2D eigenvalue weighted by molar-refractivity contribution is -0.133. The van der Waals surface area contributed by atoms with Gasteiger partial charge in [-0.05, 0) is 19.8 Å². The Balaban J connectivity index is 3.90. The van der Waals surface area contributed by atoms with Crippen LogP contribution in [-0.2, 0) is 4.79 Å². The summed E-state index contributed by atoms with van der Waals surface area (Å²) in [6, 6.07) is 0. The molecule has 15 heavy (non-hydrogen) atoms. The molecule has 0 aliphatic rings. The third kappa shape index (κ3) is 8.18. The van der Waals surface area contributed by atoms with Crippen molar-refractivity contribution in [3.63, 3.8) is 0 Å². The lowest BCUT2D eigenvalue weighted by atomic mass is 10.1. The van der Waals surface area contributed by atoms with Crippen molar-refractivity contribution in [3.05, 3.63) is 11.6 Å². The lowest BCUT2D eigenvalue weighted by Gasteiger charge is -2.05. The molecular weight excluding hydrogens is 192 g/mol. The van der Waals surface area contributed by atoms with Gasteiger partial charge < -0.3 is 10.2 Å². The molecule has 1 atom stereocenters. The molecule has 0 amide bonds. The van der Waals surface area contributed by atoms with E-state index >= 15 is 0 Å². The van der Waals surface area contributed by atoms with E-state index in [2.05, 4.69) is 6.92 Å². The van der Waals surface area contributed by atoms with Gasteiger partial charge in [0.1, 0.15) is 0 Å². The average molecular weight is 214 g/mol. The van der Waals surface area contributed by atoms with Crippen LogP contribution < -0.4 is 0 Å². The van der Waals surface area contributed by atoms with Gasteiger partial charge in [0.05, 0.1) is 6.10 Å². The summed E-state index contributed by atoms with van der Waals surface area (Å²) in [5.41, 5.74) is 0.335. The van der Waals surface area contributed by atoms with Crippen LogP contribution in [0.3, 0.4) is 0 Å². The minimum absolute atomic E-state index is 0.239. The molecule has 0 saturated carbocycles. The van der Waals surface area contributed by atoms with Crippen LogP contribution in [0.5, 0.6) is 0 Å². The highest BCUT2D eigenvalue weighted by molar-refractivity contribution is 5.86. The molecule has 0 aromatic carbocycles. The molecule has 1 unspecified atom stereocenters. The van der Waals surface area contributed by atoms with E-state index in [0.29, 0.717) is 5.57 Å². The van der Waals surface area contributed by atoms with E-state index in [-0.39, 0.29) is 6.42 Å². The number of allylic oxidation sites excluding steroid dienone is 1. The average Bonchev–Trinajstić information content (AvgIpc) is 2.15. The van der Waals surface area contributed by atoms with Crippen LogP contribution in [0.25, 0.3) is 0 Å². The predicted molar refractivity (Wildman–Crippen MR) is 60.8 cm³/mol. The maximum absolute atomic E-state index is 10.8. The maximum Gasteiger partial charge on any atom is 0.331 e. The van der Waals surface area contributed by atoms with Gasteiger partial charge in [0, 0.05) is 12.0 Å². The number of aliphatic carboxylic acids is 1. The molecule has 0 radical (unpaired) electrons. The quantitative estimate of drug-likeness (QED) is 0.482. The zero-order valence-corrected chi connectivity index (χ0v) is 9.70. The van der Waals surface area contributed by atoms with Crippen molar-refractivity contribution < 1.29 is 15.0 Å². The molecule has 0 aromatic heterocycles. The Hall–Kier alpha value is -0.830. The Morgan fingerprint density at radius 3 is 2.47 bits per heavy atom. The first-order valence-corrected chi connectivity index (χ1v) is 5.68. The van der Waals surface area contributed by atoms with Crippen LogP contribution >= 0.6 is 0 Å². The highest BCUT2D eigenvalue weighted by Crippen LogP contribution is 2.10. The number of carboxylic acids is 1. The maximum atomic E-state index is 10.8. The number of carboxylic acid groups (broad SMARTS) is 1. The largest absolute Gasteiger partial charge is 0.478 e. The Morgan fingerprint density at radius 1 is 1.33 bits per heavy atom. The zero-order valence-electron chi connectivity index (χ0n) is 9.70. The number of unbranched alkanes of at least 4 members (excludes halogenated alkanes) is 4. The number of carbonyl (C=O) groups is 1. The van der Waals surface area contributed by atoms with Gasteiger partial charge in [-0.1, -0.05) is 32.3 Å². The van der Waals surface area contributed by atoms with E-state index in [1.807, 2.05) is 0 Å². The van der Waals surface area contributed by atoms with E-state index in [4.69, 9.17) is 10.2 Å². The Labute approximate surface area is 91.8 Å². The van der Waals surface area contributed by atoms with Crippen molar-refractivity contribution in [2.45, 2.75) is 58.5 Å². The number of hydrogen-bond donors (Lipinski definition) is 2. The molecule has 0 aliphatic carbocycles.